The highest BCUT2D eigenvalue weighted by molar-refractivity contribution is 5.03. The normalized spacial score (nSPS) is 37.8. The number of hydrogen-bond acceptors (Lipinski definition) is 1. The molecule has 1 heterocycles. The van der Waals surface area contributed by atoms with Crippen molar-refractivity contribution in [3.05, 3.63) is 11.9 Å². The lowest BCUT2D eigenvalue weighted by Crippen LogP contribution is -2.33. The Kier molecular flexibility index (Phi) is 11.9. The topological polar surface area (TPSA) is 9.23 Å². The number of unbranched alkanes of at least 4 members (excludes halogenated alkanes) is 2. The first kappa shape index (κ1) is 30.4. The second kappa shape index (κ2) is 14.9. The number of allylic oxidation sites excluding steroid dienone is 2. The summed E-state index contributed by atoms with van der Waals surface area (Å²) >= 11 is 0. The number of rotatable bonds is 10. The fraction of sp³-hybridized carbons (Fsp3) is 0.939. The summed E-state index contributed by atoms with van der Waals surface area (Å²) in [7, 11) is 0. The summed E-state index contributed by atoms with van der Waals surface area (Å²) in [5.74, 6) is 3.28. The van der Waals surface area contributed by atoms with Crippen LogP contribution in [0.5, 0.6) is 0 Å². The Morgan fingerprint density at radius 3 is 1.71 bits per heavy atom. The van der Waals surface area contributed by atoms with E-state index in [0.717, 1.165) is 43.1 Å². The van der Waals surface area contributed by atoms with E-state index in [0.29, 0.717) is 30.8 Å². The van der Waals surface area contributed by atoms with E-state index < -0.39 is 17.9 Å². The molecule has 2 atom stereocenters. The second-order valence-electron chi connectivity index (χ2n) is 13.6. The Bertz CT molecular complexity index is 686. The molecule has 4 rings (SSSR count). The molecule has 3 saturated carbocycles. The Morgan fingerprint density at radius 2 is 1.18 bits per heavy atom. The summed E-state index contributed by atoms with van der Waals surface area (Å²) in [6, 6.07) is 0. The molecule has 0 N–H and O–H groups in total. The molecule has 0 bridgehead atoms. The van der Waals surface area contributed by atoms with Gasteiger partial charge in [-0.2, -0.15) is 13.2 Å². The van der Waals surface area contributed by atoms with Crippen molar-refractivity contribution < 1.29 is 22.3 Å². The molecule has 1 saturated heterocycles. The number of alkyl halides is 3. The molecule has 0 aromatic rings. The Morgan fingerprint density at radius 1 is 0.658 bits per heavy atom. The van der Waals surface area contributed by atoms with Crippen LogP contribution in [-0.2, 0) is 4.74 Å². The van der Waals surface area contributed by atoms with Crippen molar-refractivity contribution in [2.24, 2.45) is 41.4 Å². The third kappa shape index (κ3) is 9.51. The predicted molar refractivity (Wildman–Crippen MR) is 147 cm³/mol. The van der Waals surface area contributed by atoms with Gasteiger partial charge in [0.25, 0.3) is 0 Å². The molecule has 5 heteroatoms. The minimum Gasteiger partial charge on any atom is -0.378 e. The summed E-state index contributed by atoms with van der Waals surface area (Å²) in [6.45, 7) is 3.29. The van der Waals surface area contributed by atoms with Gasteiger partial charge in [0.15, 0.2) is 0 Å². The molecule has 2 unspecified atom stereocenters. The van der Waals surface area contributed by atoms with Gasteiger partial charge in [-0.3, -0.25) is 0 Å². The third-order valence-electron chi connectivity index (χ3n) is 11.1. The van der Waals surface area contributed by atoms with Gasteiger partial charge in [-0.15, -0.1) is 0 Å². The average molecular weight is 543 g/mol. The lowest BCUT2D eigenvalue weighted by molar-refractivity contribution is -0.0821. The molecule has 0 radical (unpaired) electrons. The monoisotopic (exact) mass is 542 g/mol. The van der Waals surface area contributed by atoms with Crippen LogP contribution in [0.3, 0.4) is 0 Å². The van der Waals surface area contributed by atoms with E-state index in [2.05, 4.69) is 6.92 Å². The van der Waals surface area contributed by atoms with Gasteiger partial charge >= 0.3 is 6.18 Å². The number of ether oxygens (including phenoxy) is 1. The van der Waals surface area contributed by atoms with Gasteiger partial charge in [0, 0.05) is 5.92 Å². The molecule has 4 fully saturated rings. The van der Waals surface area contributed by atoms with Gasteiger partial charge in [-0.05, 0) is 113 Å². The van der Waals surface area contributed by atoms with E-state index in [1.807, 2.05) is 0 Å². The molecule has 220 valence electrons. The molecule has 38 heavy (non-hydrogen) atoms. The summed E-state index contributed by atoms with van der Waals surface area (Å²) < 4.78 is 57.8. The minimum atomic E-state index is -4.55. The third-order valence-corrected chi connectivity index (χ3v) is 11.1. The first-order chi connectivity index (χ1) is 18.3. The van der Waals surface area contributed by atoms with Crippen molar-refractivity contribution in [3.63, 3.8) is 0 Å². The number of halogens is 4. The van der Waals surface area contributed by atoms with Crippen LogP contribution in [0, 0.1) is 41.4 Å². The lowest BCUT2D eigenvalue weighted by atomic mass is 9.68. The van der Waals surface area contributed by atoms with Gasteiger partial charge in [-0.1, -0.05) is 58.3 Å². The maximum absolute atomic E-state index is 14.0. The van der Waals surface area contributed by atoms with Crippen molar-refractivity contribution >= 4 is 0 Å². The zero-order chi connectivity index (χ0) is 27.0. The number of hydrogen-bond donors (Lipinski definition) is 0. The fourth-order valence-corrected chi connectivity index (χ4v) is 8.57. The molecule has 0 amide bonds. The molecule has 0 aromatic heterocycles. The average Bonchev–Trinajstić information content (AvgIpc) is 2.92. The van der Waals surface area contributed by atoms with Crippen LogP contribution in [0.15, 0.2) is 11.9 Å². The highest BCUT2D eigenvalue weighted by Crippen LogP contribution is 2.45. The van der Waals surface area contributed by atoms with Crippen molar-refractivity contribution in [3.8, 4) is 0 Å². The maximum Gasteiger partial charge on any atom is 0.412 e. The van der Waals surface area contributed by atoms with E-state index in [1.54, 1.807) is 0 Å². The molecule has 4 aliphatic rings. The van der Waals surface area contributed by atoms with Crippen LogP contribution in [0.4, 0.5) is 17.6 Å². The van der Waals surface area contributed by atoms with E-state index in [4.69, 9.17) is 4.74 Å². The van der Waals surface area contributed by atoms with Crippen LogP contribution >= 0.6 is 0 Å². The Hall–Kier alpha value is -0.580. The first-order valence-electron chi connectivity index (χ1n) is 16.4. The van der Waals surface area contributed by atoms with E-state index in [-0.39, 0.29) is 6.08 Å². The van der Waals surface area contributed by atoms with E-state index >= 15 is 0 Å². The van der Waals surface area contributed by atoms with Crippen LogP contribution < -0.4 is 0 Å². The summed E-state index contributed by atoms with van der Waals surface area (Å²) in [5, 5.41) is 0. The molecule has 0 spiro atoms. The zero-order valence-electron chi connectivity index (χ0n) is 24.0. The van der Waals surface area contributed by atoms with Gasteiger partial charge < -0.3 is 4.74 Å². The summed E-state index contributed by atoms with van der Waals surface area (Å²) in [6.07, 6.45) is 20.2. The van der Waals surface area contributed by atoms with Crippen LogP contribution in [0.25, 0.3) is 0 Å². The fourth-order valence-electron chi connectivity index (χ4n) is 8.57. The minimum absolute atomic E-state index is 0.125. The van der Waals surface area contributed by atoms with Crippen LogP contribution in [0.2, 0.25) is 0 Å². The second-order valence-corrected chi connectivity index (χ2v) is 13.6. The van der Waals surface area contributed by atoms with E-state index in [9.17, 15) is 17.6 Å². The van der Waals surface area contributed by atoms with Gasteiger partial charge in [0.1, 0.15) is 5.83 Å². The highest BCUT2D eigenvalue weighted by atomic mass is 19.4. The van der Waals surface area contributed by atoms with Gasteiger partial charge in [-0.25, -0.2) is 4.39 Å². The Labute approximate surface area is 229 Å². The molecule has 0 aromatic carbocycles. The first-order valence-corrected chi connectivity index (χ1v) is 16.4. The Balaban J connectivity index is 1.06. The van der Waals surface area contributed by atoms with Crippen LogP contribution in [0.1, 0.15) is 135 Å². The molecule has 1 nitrogen and oxygen atoms in total. The van der Waals surface area contributed by atoms with Crippen molar-refractivity contribution in [1.29, 1.82) is 0 Å². The van der Waals surface area contributed by atoms with Crippen molar-refractivity contribution in [2.45, 2.75) is 148 Å². The molecule has 1 aliphatic heterocycles. The largest absolute Gasteiger partial charge is 0.412 e. The molecular weight excluding hydrogens is 488 g/mol. The van der Waals surface area contributed by atoms with Crippen LogP contribution in [-0.4, -0.2) is 18.9 Å². The molecule has 3 aliphatic carbocycles. The predicted octanol–water partition coefficient (Wildman–Crippen LogP) is 11.0. The van der Waals surface area contributed by atoms with Crippen molar-refractivity contribution in [2.75, 3.05) is 6.61 Å². The van der Waals surface area contributed by atoms with Gasteiger partial charge in [0.2, 0.25) is 0 Å². The summed E-state index contributed by atoms with van der Waals surface area (Å²) in [4.78, 5) is 0. The standard InChI is InChI=1S/C33H54F4O/c1-2-3-4-5-24-6-13-28(14-7-24)30-19-21-31(38-23-30)20-10-25-8-11-26(12-9-25)27-15-17-29(18-16-27)32(34)22-33(35,36)37/h22,24-31H,2-21,23H2,1H3. The molecular formula is C33H54F4O. The lowest BCUT2D eigenvalue weighted by Gasteiger charge is -2.39. The van der Waals surface area contributed by atoms with E-state index in [1.165, 1.54) is 103 Å². The quantitative estimate of drug-likeness (QED) is 0.197. The highest BCUT2D eigenvalue weighted by Gasteiger charge is 2.35. The smallest absolute Gasteiger partial charge is 0.378 e. The summed E-state index contributed by atoms with van der Waals surface area (Å²) in [5.41, 5.74) is 0. The maximum atomic E-state index is 14.0. The van der Waals surface area contributed by atoms with Gasteiger partial charge in [0.05, 0.1) is 18.8 Å². The van der Waals surface area contributed by atoms with Crippen molar-refractivity contribution in [1.82, 2.24) is 0 Å². The SMILES string of the molecule is CCCCCC1CCC(C2CCC(CCC3CCC(C4CCC(C(F)=CC(F)(F)F)CC4)CC3)OC2)CC1. The zero-order valence-corrected chi connectivity index (χ0v) is 24.0.